The minimum absolute atomic E-state index is 0.0450. The molecule has 4 rings (SSSR count). The second kappa shape index (κ2) is 6.85. The Bertz CT molecular complexity index is 1070. The Morgan fingerprint density at radius 2 is 2.04 bits per heavy atom. The molecule has 138 valence electrons. The number of hydrogen-bond acceptors (Lipinski definition) is 3. The van der Waals surface area contributed by atoms with Crippen LogP contribution in [0.15, 0.2) is 45.3 Å². The molecule has 3 aromatic rings. The van der Waals surface area contributed by atoms with Gasteiger partial charge in [-0.25, -0.2) is 0 Å². The van der Waals surface area contributed by atoms with Crippen molar-refractivity contribution in [2.24, 2.45) is 0 Å². The van der Waals surface area contributed by atoms with Gasteiger partial charge in [-0.15, -0.1) is 0 Å². The molecule has 0 aliphatic carbocycles. The highest BCUT2D eigenvalue weighted by atomic mass is 79.9. The molecule has 0 saturated heterocycles. The molecule has 0 fully saturated rings. The predicted molar refractivity (Wildman–Crippen MR) is 108 cm³/mol. The van der Waals surface area contributed by atoms with Crippen molar-refractivity contribution < 1.29 is 14.0 Å². The van der Waals surface area contributed by atoms with E-state index in [1.165, 1.54) is 0 Å². The first-order valence-corrected chi connectivity index (χ1v) is 9.64. The Balaban J connectivity index is 1.56. The van der Waals surface area contributed by atoms with E-state index in [1.807, 2.05) is 50.2 Å². The molecule has 5 nitrogen and oxygen atoms in total. The lowest BCUT2D eigenvalue weighted by molar-refractivity contribution is -0.116. The first kappa shape index (κ1) is 17.8. The SMILES string of the molecule is Cc1c(C(=O)NC(C)c2ccc3c(c2)CCC(=O)N3)oc2ccc(Br)cc12. The fourth-order valence-electron chi connectivity index (χ4n) is 3.43. The van der Waals surface area contributed by atoms with Gasteiger partial charge in [-0.05, 0) is 55.7 Å². The summed E-state index contributed by atoms with van der Waals surface area (Å²) in [6.07, 6.45) is 1.21. The van der Waals surface area contributed by atoms with Gasteiger partial charge in [0.05, 0.1) is 6.04 Å². The maximum absolute atomic E-state index is 12.8. The summed E-state index contributed by atoms with van der Waals surface area (Å²) in [6.45, 7) is 3.83. The molecule has 1 aliphatic rings. The molecule has 2 N–H and O–H groups in total. The molecule has 2 aromatic carbocycles. The number of nitrogens with one attached hydrogen (secondary N) is 2. The van der Waals surface area contributed by atoms with E-state index in [4.69, 9.17) is 4.42 Å². The minimum Gasteiger partial charge on any atom is -0.451 e. The Morgan fingerprint density at radius 1 is 1.22 bits per heavy atom. The molecular weight excluding hydrogens is 408 g/mol. The molecule has 1 aromatic heterocycles. The van der Waals surface area contributed by atoms with Crippen molar-refractivity contribution in [3.63, 3.8) is 0 Å². The second-order valence-electron chi connectivity index (χ2n) is 6.86. The second-order valence-corrected chi connectivity index (χ2v) is 7.77. The van der Waals surface area contributed by atoms with Gasteiger partial charge in [0.1, 0.15) is 5.58 Å². The summed E-state index contributed by atoms with van der Waals surface area (Å²) in [5.74, 6) is 0.141. The van der Waals surface area contributed by atoms with E-state index in [9.17, 15) is 9.59 Å². The van der Waals surface area contributed by atoms with Crippen LogP contribution < -0.4 is 10.6 Å². The lowest BCUT2D eigenvalue weighted by atomic mass is 9.97. The van der Waals surface area contributed by atoms with Gasteiger partial charge in [0.15, 0.2) is 5.76 Å². The van der Waals surface area contributed by atoms with Crippen LogP contribution in [0, 0.1) is 6.92 Å². The Labute approximate surface area is 165 Å². The summed E-state index contributed by atoms with van der Waals surface area (Å²) in [5, 5.41) is 6.81. The molecular formula is C21H19BrN2O3. The topological polar surface area (TPSA) is 71.3 Å². The van der Waals surface area contributed by atoms with Crippen molar-refractivity contribution in [1.29, 1.82) is 0 Å². The van der Waals surface area contributed by atoms with Gasteiger partial charge in [-0.2, -0.15) is 0 Å². The number of hydrogen-bond donors (Lipinski definition) is 2. The maximum Gasteiger partial charge on any atom is 0.287 e. The number of carbonyl (C=O) groups excluding carboxylic acids is 2. The van der Waals surface area contributed by atoms with E-state index in [2.05, 4.69) is 26.6 Å². The Morgan fingerprint density at radius 3 is 2.85 bits per heavy atom. The summed E-state index contributed by atoms with van der Waals surface area (Å²) >= 11 is 3.45. The number of amides is 2. The van der Waals surface area contributed by atoms with Crippen molar-refractivity contribution >= 4 is 44.4 Å². The molecule has 27 heavy (non-hydrogen) atoms. The number of aryl methyl sites for hydroxylation is 2. The molecule has 1 unspecified atom stereocenters. The summed E-state index contributed by atoms with van der Waals surface area (Å²) in [4.78, 5) is 24.3. The third-order valence-electron chi connectivity index (χ3n) is 4.98. The normalized spacial score (nSPS) is 14.6. The zero-order valence-corrected chi connectivity index (χ0v) is 16.6. The third kappa shape index (κ3) is 3.37. The van der Waals surface area contributed by atoms with Crippen LogP contribution in [0.5, 0.6) is 0 Å². The lowest BCUT2D eigenvalue weighted by Gasteiger charge is -2.20. The molecule has 2 heterocycles. The summed E-state index contributed by atoms with van der Waals surface area (Å²) in [5.41, 5.74) is 4.46. The van der Waals surface area contributed by atoms with Crippen molar-refractivity contribution in [3.8, 4) is 0 Å². The first-order chi connectivity index (χ1) is 12.9. The van der Waals surface area contributed by atoms with Gasteiger partial charge < -0.3 is 15.1 Å². The number of halogens is 1. The van der Waals surface area contributed by atoms with E-state index in [0.29, 0.717) is 24.2 Å². The van der Waals surface area contributed by atoms with Gasteiger partial charge >= 0.3 is 0 Å². The van der Waals surface area contributed by atoms with Gasteiger partial charge in [0, 0.05) is 27.5 Å². The van der Waals surface area contributed by atoms with Crippen LogP contribution in [-0.2, 0) is 11.2 Å². The average Bonchev–Trinajstić information content (AvgIpc) is 2.97. The zero-order valence-electron chi connectivity index (χ0n) is 15.1. The van der Waals surface area contributed by atoms with E-state index < -0.39 is 0 Å². The minimum atomic E-state index is -0.238. The molecule has 2 amide bonds. The molecule has 0 saturated carbocycles. The van der Waals surface area contributed by atoms with Crippen molar-refractivity contribution in [2.45, 2.75) is 32.7 Å². The first-order valence-electron chi connectivity index (χ1n) is 8.84. The van der Waals surface area contributed by atoms with Crippen molar-refractivity contribution in [3.05, 3.63) is 63.3 Å². The number of anilines is 1. The molecule has 0 spiro atoms. The maximum atomic E-state index is 12.8. The summed E-state index contributed by atoms with van der Waals surface area (Å²) < 4.78 is 6.72. The zero-order chi connectivity index (χ0) is 19.1. The fourth-order valence-corrected chi connectivity index (χ4v) is 3.79. The largest absolute Gasteiger partial charge is 0.451 e. The number of rotatable bonds is 3. The monoisotopic (exact) mass is 426 g/mol. The molecule has 1 atom stereocenters. The van der Waals surface area contributed by atoms with E-state index in [-0.39, 0.29) is 17.9 Å². The predicted octanol–water partition coefficient (Wildman–Crippen LogP) is 4.88. The highest BCUT2D eigenvalue weighted by Gasteiger charge is 2.21. The van der Waals surface area contributed by atoms with Crippen LogP contribution in [0.2, 0.25) is 0 Å². The van der Waals surface area contributed by atoms with Crippen LogP contribution in [0.25, 0.3) is 11.0 Å². The highest BCUT2D eigenvalue weighted by Crippen LogP contribution is 2.29. The molecule has 0 bridgehead atoms. The summed E-state index contributed by atoms with van der Waals surface area (Å²) in [7, 11) is 0. The highest BCUT2D eigenvalue weighted by molar-refractivity contribution is 9.10. The third-order valence-corrected chi connectivity index (χ3v) is 5.47. The fraction of sp³-hybridized carbons (Fsp3) is 0.238. The van der Waals surface area contributed by atoms with Crippen molar-refractivity contribution in [1.82, 2.24) is 5.32 Å². The Kier molecular flexibility index (Phi) is 4.52. The number of fused-ring (bicyclic) bond motifs is 2. The van der Waals surface area contributed by atoms with E-state index in [0.717, 1.165) is 32.2 Å². The molecule has 1 aliphatic heterocycles. The van der Waals surface area contributed by atoms with Crippen molar-refractivity contribution in [2.75, 3.05) is 5.32 Å². The van der Waals surface area contributed by atoms with E-state index >= 15 is 0 Å². The van der Waals surface area contributed by atoms with Gasteiger partial charge in [-0.3, -0.25) is 9.59 Å². The van der Waals surface area contributed by atoms with Gasteiger partial charge in [-0.1, -0.05) is 28.1 Å². The molecule has 6 heteroatoms. The van der Waals surface area contributed by atoms with Crippen LogP contribution in [0.1, 0.15) is 46.6 Å². The lowest BCUT2D eigenvalue weighted by Crippen LogP contribution is -2.27. The number of furan rings is 1. The number of carbonyl (C=O) groups is 2. The average molecular weight is 427 g/mol. The van der Waals surface area contributed by atoms with Gasteiger partial charge in [0.25, 0.3) is 5.91 Å². The van der Waals surface area contributed by atoms with Gasteiger partial charge in [0.2, 0.25) is 5.91 Å². The standard InChI is InChI=1S/C21H19BrN2O3/c1-11-16-10-15(22)5-7-18(16)27-20(11)21(26)23-12(2)13-3-6-17-14(9-13)4-8-19(25)24-17/h3,5-7,9-10,12H,4,8H2,1-2H3,(H,23,26)(H,24,25). The van der Waals surface area contributed by atoms with Crippen LogP contribution in [-0.4, -0.2) is 11.8 Å². The van der Waals surface area contributed by atoms with Crippen LogP contribution in [0.4, 0.5) is 5.69 Å². The molecule has 0 radical (unpaired) electrons. The quantitative estimate of drug-likeness (QED) is 0.626. The Hall–Kier alpha value is -2.60. The van der Waals surface area contributed by atoms with Crippen LogP contribution >= 0.6 is 15.9 Å². The van der Waals surface area contributed by atoms with E-state index in [1.54, 1.807) is 0 Å². The number of benzene rings is 2. The van der Waals surface area contributed by atoms with Crippen LogP contribution in [0.3, 0.4) is 0 Å². The smallest absolute Gasteiger partial charge is 0.287 e. The summed E-state index contributed by atoms with van der Waals surface area (Å²) in [6, 6.07) is 11.4.